The van der Waals surface area contributed by atoms with Crippen molar-refractivity contribution in [3.8, 4) is 12.1 Å². The Hall–Kier alpha value is -2.02. The van der Waals surface area contributed by atoms with E-state index in [1.54, 1.807) is 24.3 Å². The molecule has 0 fully saturated rings. The molecule has 7 heteroatoms. The first kappa shape index (κ1) is 15.4. The molecule has 0 unspecified atom stereocenters. The van der Waals surface area contributed by atoms with Crippen molar-refractivity contribution in [2.24, 2.45) is 0 Å². The Morgan fingerprint density at radius 3 is 1.52 bits per heavy atom. The summed E-state index contributed by atoms with van der Waals surface area (Å²) < 4.78 is 0.489. The molecule has 1 aromatic rings. The average molecular weight is 360 g/mol. The van der Waals surface area contributed by atoms with Crippen molar-refractivity contribution in [3.63, 3.8) is 0 Å². The molecule has 0 amide bonds. The van der Waals surface area contributed by atoms with Gasteiger partial charge in [0.1, 0.15) is 21.9 Å². The maximum atomic E-state index is 12.4. The minimum Gasteiger partial charge on any atom is -0.288 e. The van der Waals surface area contributed by atoms with Crippen LogP contribution in [0.1, 0.15) is 9.75 Å². The standard InChI is InChI=1S/C14H4N2O2S2.Cu/c15-5-9-10(6-16)20-14-12(18)8-4-2-1-3-7(8)11(17)13(14)19-9;/h1-4H;/q;+1. The first-order chi connectivity index (χ1) is 9.67. The number of hydrogen-bond donors (Lipinski definition) is 0. The van der Waals surface area contributed by atoms with Crippen LogP contribution >= 0.6 is 22.7 Å². The van der Waals surface area contributed by atoms with Gasteiger partial charge >= 0.3 is 17.1 Å². The van der Waals surface area contributed by atoms with Crippen LogP contribution in [0.5, 0.6) is 0 Å². The van der Waals surface area contributed by atoms with Crippen LogP contribution in [-0.2, 0) is 17.1 Å². The summed E-state index contributed by atoms with van der Waals surface area (Å²) in [6.07, 6.45) is 0. The smallest absolute Gasteiger partial charge is 0.288 e. The Labute approximate surface area is 136 Å². The SMILES string of the molecule is N#Cc1sc2c(=O)c3ccccc3c(=O)c=2sc1C#N.[Cu+]. The van der Waals surface area contributed by atoms with E-state index >= 15 is 0 Å². The molecule has 0 aromatic heterocycles. The summed E-state index contributed by atoms with van der Waals surface area (Å²) in [5.41, 5.74) is -0.533. The minimum atomic E-state index is -0.266. The second-order valence-electron chi connectivity index (χ2n) is 3.95. The molecule has 1 aliphatic carbocycles. The van der Waals surface area contributed by atoms with Crippen molar-refractivity contribution in [1.82, 2.24) is 0 Å². The molecule has 0 radical (unpaired) electrons. The van der Waals surface area contributed by atoms with Crippen LogP contribution in [0.15, 0.2) is 33.9 Å². The third kappa shape index (κ3) is 2.27. The summed E-state index contributed by atoms with van der Waals surface area (Å²) >= 11 is 1.82. The second kappa shape index (κ2) is 5.77. The molecule has 104 valence electrons. The summed E-state index contributed by atoms with van der Waals surface area (Å²) in [5, 5.41) is 18.7. The molecule has 2 aliphatic rings. The molecule has 1 aliphatic heterocycles. The Bertz CT molecular complexity index is 1030. The van der Waals surface area contributed by atoms with Gasteiger partial charge in [-0.15, -0.1) is 22.7 Å². The molecule has 0 saturated heterocycles. The van der Waals surface area contributed by atoms with Gasteiger partial charge in [-0.25, -0.2) is 0 Å². The fraction of sp³-hybridized carbons (Fsp3) is 0. The van der Waals surface area contributed by atoms with Gasteiger partial charge in [-0.3, -0.25) is 9.59 Å². The van der Waals surface area contributed by atoms with Gasteiger partial charge in [-0.1, -0.05) is 24.3 Å². The Morgan fingerprint density at radius 1 is 0.810 bits per heavy atom. The van der Waals surface area contributed by atoms with Crippen molar-refractivity contribution in [2.75, 3.05) is 0 Å². The van der Waals surface area contributed by atoms with E-state index in [9.17, 15) is 9.59 Å². The fourth-order valence-corrected chi connectivity index (χ4v) is 4.01. The van der Waals surface area contributed by atoms with Crippen molar-refractivity contribution in [2.45, 2.75) is 0 Å². The topological polar surface area (TPSA) is 81.7 Å². The van der Waals surface area contributed by atoms with Gasteiger partial charge < -0.3 is 0 Å². The van der Waals surface area contributed by atoms with Crippen LogP contribution in [0.25, 0.3) is 10.8 Å². The van der Waals surface area contributed by atoms with Gasteiger partial charge in [0.25, 0.3) is 0 Å². The second-order valence-corrected chi connectivity index (χ2v) is 5.99. The van der Waals surface area contributed by atoms with Crippen molar-refractivity contribution >= 4 is 33.4 Å². The molecular weight excluding hydrogens is 356 g/mol. The molecule has 1 heterocycles. The van der Waals surface area contributed by atoms with Crippen LogP contribution in [0.2, 0.25) is 0 Å². The van der Waals surface area contributed by atoms with E-state index in [0.29, 0.717) is 10.8 Å². The number of nitriles is 2. The van der Waals surface area contributed by atoms with E-state index in [1.807, 2.05) is 12.1 Å². The molecule has 0 spiro atoms. The third-order valence-electron chi connectivity index (χ3n) is 2.85. The first-order valence-electron chi connectivity index (χ1n) is 5.50. The molecule has 3 rings (SSSR count). The molecule has 1 aromatic carbocycles. The van der Waals surface area contributed by atoms with Crippen LogP contribution in [0.3, 0.4) is 0 Å². The zero-order valence-corrected chi connectivity index (χ0v) is 12.7. The van der Waals surface area contributed by atoms with Gasteiger partial charge in [-0.05, 0) is 0 Å². The van der Waals surface area contributed by atoms with Crippen LogP contribution in [-0.4, -0.2) is 0 Å². The molecule has 21 heavy (non-hydrogen) atoms. The number of rotatable bonds is 0. The van der Waals surface area contributed by atoms with E-state index in [0.717, 1.165) is 22.7 Å². The average Bonchev–Trinajstić information content (AvgIpc) is 2.51. The summed E-state index contributed by atoms with van der Waals surface area (Å²) in [7, 11) is 0. The molecule has 4 nitrogen and oxygen atoms in total. The van der Waals surface area contributed by atoms with Gasteiger partial charge in [0.2, 0.25) is 10.9 Å². The Balaban J connectivity index is 0.00000161. The van der Waals surface area contributed by atoms with Crippen LogP contribution < -0.4 is 10.9 Å². The summed E-state index contributed by atoms with van der Waals surface area (Å²) in [4.78, 5) is 25.1. The molecule has 0 N–H and O–H groups in total. The van der Waals surface area contributed by atoms with Crippen molar-refractivity contribution in [3.05, 3.63) is 63.5 Å². The first-order valence-corrected chi connectivity index (χ1v) is 7.13. The molecular formula is C14H4CuN2O2S2+. The van der Waals surface area contributed by atoms with E-state index in [1.165, 1.54) is 0 Å². The van der Waals surface area contributed by atoms with E-state index in [4.69, 9.17) is 10.5 Å². The number of fused-ring (bicyclic) bond motifs is 1. The van der Waals surface area contributed by atoms with Gasteiger partial charge in [-0.2, -0.15) is 10.5 Å². The van der Waals surface area contributed by atoms with Gasteiger partial charge in [0.05, 0.1) is 9.06 Å². The minimum absolute atomic E-state index is 0. The zero-order valence-electron chi connectivity index (χ0n) is 10.1. The predicted molar refractivity (Wildman–Crippen MR) is 77.0 cm³/mol. The maximum absolute atomic E-state index is 12.4. The van der Waals surface area contributed by atoms with Gasteiger partial charge in [0.15, 0.2) is 0 Å². The quantitative estimate of drug-likeness (QED) is 0.576. The predicted octanol–water partition coefficient (Wildman–Crippen LogP) is 2.15. The van der Waals surface area contributed by atoms with Gasteiger partial charge in [0, 0.05) is 10.8 Å². The summed E-state index contributed by atoms with van der Waals surface area (Å²) in [5.74, 6) is 0. The third-order valence-corrected chi connectivity index (χ3v) is 5.30. The number of benzene rings is 1. The molecule has 0 bridgehead atoms. The summed E-state index contributed by atoms with van der Waals surface area (Å²) in [6.45, 7) is 0. The molecule has 0 atom stereocenters. The maximum Gasteiger partial charge on any atom is 1.00 e. The van der Waals surface area contributed by atoms with E-state index in [2.05, 4.69) is 0 Å². The van der Waals surface area contributed by atoms with Crippen molar-refractivity contribution < 1.29 is 17.1 Å². The number of hydrogen-bond acceptors (Lipinski definition) is 6. The zero-order chi connectivity index (χ0) is 14.3. The van der Waals surface area contributed by atoms with E-state index in [-0.39, 0.29) is 46.7 Å². The normalized spacial score (nSPS) is 9.81. The van der Waals surface area contributed by atoms with Crippen LogP contribution in [0, 0.1) is 31.7 Å². The van der Waals surface area contributed by atoms with Crippen molar-refractivity contribution in [1.29, 1.82) is 10.5 Å². The largest absolute Gasteiger partial charge is 1.00 e. The Kier molecular flexibility index (Phi) is 4.22. The monoisotopic (exact) mass is 359 g/mol. The molecule has 0 saturated carbocycles. The number of nitrogens with zero attached hydrogens (tertiary/aromatic N) is 2. The van der Waals surface area contributed by atoms with E-state index < -0.39 is 0 Å². The summed E-state index contributed by atoms with van der Waals surface area (Å²) in [6, 6.07) is 10.4. The fourth-order valence-electron chi connectivity index (χ4n) is 1.96. The van der Waals surface area contributed by atoms with Crippen LogP contribution in [0.4, 0.5) is 0 Å². The Morgan fingerprint density at radius 2 is 1.19 bits per heavy atom.